The van der Waals surface area contributed by atoms with E-state index in [1.165, 1.54) is 7.11 Å². The van der Waals surface area contributed by atoms with Gasteiger partial charge in [-0.3, -0.25) is 14.8 Å². The minimum absolute atomic E-state index is 0.0917. The maximum atomic E-state index is 13.6. The van der Waals surface area contributed by atoms with Crippen LogP contribution in [-0.2, 0) is 4.79 Å². The van der Waals surface area contributed by atoms with E-state index in [0.29, 0.717) is 22.9 Å². The molecule has 3 aromatic rings. The van der Waals surface area contributed by atoms with Gasteiger partial charge in [0.2, 0.25) is 11.7 Å². The molecule has 8 nitrogen and oxygen atoms in total. The Labute approximate surface area is 186 Å². The highest BCUT2D eigenvalue weighted by atomic mass is 16.5. The van der Waals surface area contributed by atoms with Crippen LogP contribution < -0.4 is 14.8 Å². The molecule has 164 valence electrons. The molecule has 0 fully saturated rings. The van der Waals surface area contributed by atoms with Crippen LogP contribution in [0.1, 0.15) is 23.1 Å². The Hall–Kier alpha value is -4.07. The van der Waals surface area contributed by atoms with Crippen molar-refractivity contribution in [2.24, 2.45) is 4.99 Å². The fourth-order valence-electron chi connectivity index (χ4n) is 3.21. The van der Waals surface area contributed by atoms with Crippen molar-refractivity contribution >= 4 is 23.4 Å². The Balaban J connectivity index is 1.98. The van der Waals surface area contributed by atoms with Crippen LogP contribution in [0.5, 0.6) is 11.6 Å². The SMILES string of the molecule is CN=CC(C(=N)C(=O)C(Nc1cncc(OC)c1)c1ccc(OC)nc1)c1ccccc1. The molecule has 2 heterocycles. The zero-order valence-electron chi connectivity index (χ0n) is 18.1. The number of rotatable bonds is 10. The Bertz CT molecular complexity index is 1080. The number of nitrogens with zero attached hydrogens (tertiary/aromatic N) is 3. The Morgan fingerprint density at radius 1 is 1.06 bits per heavy atom. The summed E-state index contributed by atoms with van der Waals surface area (Å²) >= 11 is 0. The lowest BCUT2D eigenvalue weighted by atomic mass is 9.88. The van der Waals surface area contributed by atoms with Crippen LogP contribution >= 0.6 is 0 Å². The molecule has 2 N–H and O–H groups in total. The number of aliphatic imine (C=N–C) groups is 1. The summed E-state index contributed by atoms with van der Waals surface area (Å²) in [6.45, 7) is 0. The second kappa shape index (κ2) is 10.8. The summed E-state index contributed by atoms with van der Waals surface area (Å²) in [7, 11) is 4.69. The van der Waals surface area contributed by atoms with Crippen molar-refractivity contribution in [1.82, 2.24) is 9.97 Å². The van der Waals surface area contributed by atoms with E-state index in [9.17, 15) is 4.79 Å². The van der Waals surface area contributed by atoms with Crippen molar-refractivity contribution in [2.75, 3.05) is 26.6 Å². The van der Waals surface area contributed by atoms with Crippen molar-refractivity contribution in [3.05, 3.63) is 78.2 Å². The van der Waals surface area contributed by atoms with Gasteiger partial charge in [0.05, 0.1) is 43.9 Å². The van der Waals surface area contributed by atoms with Crippen LogP contribution in [0, 0.1) is 5.41 Å². The summed E-state index contributed by atoms with van der Waals surface area (Å²) in [5.41, 5.74) is 1.88. The topological polar surface area (TPSA) is 110 Å². The van der Waals surface area contributed by atoms with Gasteiger partial charge in [0.15, 0.2) is 0 Å². The number of anilines is 1. The molecule has 0 radical (unpaired) electrons. The number of ether oxygens (including phenoxy) is 2. The number of aromatic nitrogens is 2. The number of carbonyl (C=O) groups excluding carboxylic acids is 1. The predicted molar refractivity (Wildman–Crippen MR) is 124 cm³/mol. The van der Waals surface area contributed by atoms with Crippen LogP contribution in [0.3, 0.4) is 0 Å². The lowest BCUT2D eigenvalue weighted by molar-refractivity contribution is -0.113. The van der Waals surface area contributed by atoms with Gasteiger partial charge in [0, 0.05) is 37.2 Å². The second-order valence-electron chi connectivity index (χ2n) is 6.90. The van der Waals surface area contributed by atoms with E-state index in [1.54, 1.807) is 57.2 Å². The van der Waals surface area contributed by atoms with E-state index in [1.807, 2.05) is 30.3 Å². The molecule has 0 spiro atoms. The molecule has 0 amide bonds. The lowest BCUT2D eigenvalue weighted by Gasteiger charge is -2.22. The van der Waals surface area contributed by atoms with Crippen molar-refractivity contribution in [2.45, 2.75) is 12.0 Å². The van der Waals surface area contributed by atoms with Gasteiger partial charge in [-0.2, -0.15) is 0 Å². The molecule has 0 aliphatic rings. The van der Waals surface area contributed by atoms with Gasteiger partial charge in [-0.05, 0) is 11.6 Å². The van der Waals surface area contributed by atoms with Crippen molar-refractivity contribution in [3.63, 3.8) is 0 Å². The minimum Gasteiger partial charge on any atom is -0.495 e. The number of hydrogen-bond acceptors (Lipinski definition) is 8. The van der Waals surface area contributed by atoms with Crippen LogP contribution in [0.4, 0.5) is 5.69 Å². The number of carbonyl (C=O) groups is 1. The molecule has 2 atom stereocenters. The van der Waals surface area contributed by atoms with Crippen LogP contribution in [-0.4, -0.2) is 48.9 Å². The molecule has 2 unspecified atom stereocenters. The summed E-state index contributed by atoms with van der Waals surface area (Å²) in [5.74, 6) is -0.0102. The Morgan fingerprint density at radius 3 is 2.47 bits per heavy atom. The molecular formula is C24H25N5O3. The van der Waals surface area contributed by atoms with Gasteiger partial charge in [-0.1, -0.05) is 30.3 Å². The molecule has 0 aliphatic carbocycles. The number of pyridine rings is 2. The number of hydrogen-bond donors (Lipinski definition) is 2. The average molecular weight is 431 g/mol. The van der Waals surface area contributed by atoms with Crippen molar-refractivity contribution < 1.29 is 14.3 Å². The predicted octanol–water partition coefficient (Wildman–Crippen LogP) is 3.72. The van der Waals surface area contributed by atoms with Crippen LogP contribution in [0.2, 0.25) is 0 Å². The first-order chi connectivity index (χ1) is 15.6. The first-order valence-electron chi connectivity index (χ1n) is 9.92. The normalized spacial score (nSPS) is 12.7. The van der Waals surface area contributed by atoms with Crippen LogP contribution in [0.15, 0.2) is 72.1 Å². The molecule has 2 aromatic heterocycles. The molecule has 1 aromatic carbocycles. The van der Waals surface area contributed by atoms with Gasteiger partial charge in [0.25, 0.3) is 0 Å². The van der Waals surface area contributed by atoms with E-state index in [0.717, 1.165) is 5.56 Å². The number of methoxy groups -OCH3 is 2. The highest BCUT2D eigenvalue weighted by Crippen LogP contribution is 2.26. The third-order valence-corrected chi connectivity index (χ3v) is 4.86. The van der Waals surface area contributed by atoms with Gasteiger partial charge in [-0.15, -0.1) is 0 Å². The molecule has 0 saturated heterocycles. The average Bonchev–Trinajstić information content (AvgIpc) is 2.85. The van der Waals surface area contributed by atoms with Gasteiger partial charge in [0.1, 0.15) is 11.8 Å². The quantitative estimate of drug-likeness (QED) is 0.474. The first kappa shape index (κ1) is 22.6. The van der Waals surface area contributed by atoms with Gasteiger partial charge >= 0.3 is 0 Å². The number of benzene rings is 1. The summed E-state index contributed by atoms with van der Waals surface area (Å²) in [6, 6.07) is 13.7. The van der Waals surface area contributed by atoms with Gasteiger partial charge < -0.3 is 20.2 Å². The zero-order valence-corrected chi connectivity index (χ0v) is 18.1. The Morgan fingerprint density at radius 2 is 1.84 bits per heavy atom. The molecule has 0 bridgehead atoms. The van der Waals surface area contributed by atoms with Crippen LogP contribution in [0.25, 0.3) is 0 Å². The van der Waals surface area contributed by atoms with E-state index in [-0.39, 0.29) is 5.71 Å². The fraction of sp³-hybridized carbons (Fsp3) is 0.208. The smallest absolute Gasteiger partial charge is 0.212 e. The maximum Gasteiger partial charge on any atom is 0.212 e. The third kappa shape index (κ3) is 5.34. The summed E-state index contributed by atoms with van der Waals surface area (Å²) in [5, 5.41) is 11.9. The summed E-state index contributed by atoms with van der Waals surface area (Å²) in [6.07, 6.45) is 6.32. The number of nitrogens with one attached hydrogen (secondary N) is 2. The largest absolute Gasteiger partial charge is 0.495 e. The highest BCUT2D eigenvalue weighted by molar-refractivity contribution is 6.45. The van der Waals surface area contributed by atoms with Gasteiger partial charge in [-0.25, -0.2) is 4.98 Å². The van der Waals surface area contributed by atoms with Crippen molar-refractivity contribution in [3.8, 4) is 11.6 Å². The second-order valence-corrected chi connectivity index (χ2v) is 6.90. The lowest BCUT2D eigenvalue weighted by Crippen LogP contribution is -2.32. The van der Waals surface area contributed by atoms with E-state index < -0.39 is 17.7 Å². The Kier molecular flexibility index (Phi) is 7.64. The summed E-state index contributed by atoms with van der Waals surface area (Å²) in [4.78, 5) is 26.0. The number of ketones is 1. The molecule has 32 heavy (non-hydrogen) atoms. The molecule has 8 heteroatoms. The third-order valence-electron chi connectivity index (χ3n) is 4.86. The summed E-state index contributed by atoms with van der Waals surface area (Å²) < 4.78 is 10.4. The fourth-order valence-corrected chi connectivity index (χ4v) is 3.21. The highest BCUT2D eigenvalue weighted by Gasteiger charge is 2.30. The minimum atomic E-state index is -0.869. The van der Waals surface area contributed by atoms with E-state index in [4.69, 9.17) is 14.9 Å². The van der Waals surface area contributed by atoms with E-state index in [2.05, 4.69) is 20.3 Å². The van der Waals surface area contributed by atoms with Crippen molar-refractivity contribution in [1.29, 1.82) is 5.41 Å². The molecule has 3 rings (SSSR count). The molecule has 0 saturated carbocycles. The number of Topliss-reactive ketones (excluding diaryl/α,β-unsaturated/α-hetero) is 1. The monoisotopic (exact) mass is 431 g/mol. The maximum absolute atomic E-state index is 13.6. The first-order valence-corrected chi connectivity index (χ1v) is 9.92. The standard InChI is InChI=1S/C24H25N5O3/c1-26-15-20(16-7-5-4-6-8-16)22(25)24(30)23(17-9-10-21(32-3)28-12-17)29-18-11-19(31-2)14-27-13-18/h4-15,20,23,25,29H,1-3H3. The van der Waals surface area contributed by atoms with E-state index >= 15 is 0 Å². The molecular weight excluding hydrogens is 406 g/mol. The molecule has 0 aliphatic heterocycles. The zero-order chi connectivity index (χ0) is 22.9.